The Bertz CT molecular complexity index is 879. The van der Waals surface area contributed by atoms with Crippen LogP contribution in [-0.2, 0) is 28.8 Å². The molecule has 0 radical (unpaired) electrons. The second-order valence-electron chi connectivity index (χ2n) is 5.42. The summed E-state index contributed by atoms with van der Waals surface area (Å²) in [5.41, 5.74) is -0.0153. The Morgan fingerprint density at radius 2 is 2.04 bits per heavy atom. The number of ether oxygens (including phenoxy) is 1. The Morgan fingerprint density at radius 1 is 1.31 bits per heavy atom. The maximum absolute atomic E-state index is 12.6. The molecule has 5 nitrogen and oxygen atoms in total. The summed E-state index contributed by atoms with van der Waals surface area (Å²) in [6.45, 7) is -0.279. The summed E-state index contributed by atoms with van der Waals surface area (Å²) in [6.07, 6.45) is -3.97. The van der Waals surface area contributed by atoms with Gasteiger partial charge in [-0.2, -0.15) is 13.2 Å². The topological polar surface area (TPSA) is 68.7 Å². The van der Waals surface area contributed by atoms with Gasteiger partial charge in [0, 0.05) is 6.20 Å². The van der Waals surface area contributed by atoms with E-state index in [1.807, 2.05) is 0 Å². The maximum Gasteiger partial charge on any atom is 0.491 e. The zero-order chi connectivity index (χ0) is 19.1. The van der Waals surface area contributed by atoms with Crippen molar-refractivity contribution >= 4 is 41.8 Å². The van der Waals surface area contributed by atoms with Crippen molar-refractivity contribution in [1.82, 2.24) is 4.98 Å². The Balaban J connectivity index is 1.75. The van der Waals surface area contributed by atoms with Gasteiger partial charge in [0.05, 0.1) is 33.5 Å². The lowest BCUT2D eigenvalue weighted by molar-refractivity contribution is -0.137. The summed E-state index contributed by atoms with van der Waals surface area (Å²) in [5, 5.41) is 9.49. The lowest BCUT2D eigenvalue weighted by atomic mass is 9.79. The first kappa shape index (κ1) is 19.0. The van der Waals surface area contributed by atoms with E-state index in [9.17, 15) is 23.0 Å². The Hall–Kier alpha value is -1.81. The minimum atomic E-state index is -4.58. The van der Waals surface area contributed by atoms with Crippen LogP contribution in [0.1, 0.15) is 27.2 Å². The molecule has 11 heteroatoms. The number of benzene rings is 1. The van der Waals surface area contributed by atoms with Gasteiger partial charge in [0.15, 0.2) is 0 Å². The highest BCUT2D eigenvalue weighted by molar-refractivity contribution is 6.61. The van der Waals surface area contributed by atoms with Gasteiger partial charge in [-0.05, 0) is 29.2 Å². The van der Waals surface area contributed by atoms with E-state index < -0.39 is 31.4 Å². The molecule has 1 aromatic carbocycles. The van der Waals surface area contributed by atoms with Crippen LogP contribution in [0.4, 0.5) is 13.2 Å². The highest BCUT2D eigenvalue weighted by Gasteiger charge is 2.32. The lowest BCUT2D eigenvalue weighted by Gasteiger charge is -2.11. The van der Waals surface area contributed by atoms with Crippen LogP contribution in [0.5, 0.6) is 0 Å². The summed E-state index contributed by atoms with van der Waals surface area (Å²) in [5.74, 6) is -0.838. The van der Waals surface area contributed by atoms with E-state index in [1.165, 1.54) is 12.1 Å². The predicted molar refractivity (Wildman–Crippen MR) is 87.2 cm³/mol. The molecule has 1 aromatic heterocycles. The number of esters is 1. The monoisotopic (exact) mass is 405 g/mol. The minimum absolute atomic E-state index is 0.0157. The molecule has 1 aliphatic rings. The van der Waals surface area contributed by atoms with Gasteiger partial charge in [-0.25, -0.2) is 4.79 Å². The van der Waals surface area contributed by atoms with E-state index in [4.69, 9.17) is 32.6 Å². The van der Waals surface area contributed by atoms with Gasteiger partial charge in [-0.15, -0.1) is 0 Å². The zero-order valence-corrected chi connectivity index (χ0v) is 14.3. The Morgan fingerprint density at radius 3 is 2.69 bits per heavy atom. The number of fused-ring (bicyclic) bond motifs is 1. The molecule has 0 spiro atoms. The van der Waals surface area contributed by atoms with Crippen LogP contribution in [0.3, 0.4) is 0 Å². The molecule has 26 heavy (non-hydrogen) atoms. The molecule has 0 fully saturated rings. The average molecular weight is 406 g/mol. The smallest absolute Gasteiger partial charge is 0.455 e. The molecule has 0 aliphatic carbocycles. The van der Waals surface area contributed by atoms with Gasteiger partial charge in [-0.1, -0.05) is 23.2 Å². The largest absolute Gasteiger partial charge is 0.491 e. The minimum Gasteiger partial charge on any atom is -0.455 e. The van der Waals surface area contributed by atoms with Crippen LogP contribution in [0.25, 0.3) is 0 Å². The quantitative estimate of drug-likeness (QED) is 0.628. The van der Waals surface area contributed by atoms with Gasteiger partial charge >= 0.3 is 19.3 Å². The average Bonchev–Trinajstić information content (AvgIpc) is 2.92. The van der Waals surface area contributed by atoms with Gasteiger partial charge < -0.3 is 14.4 Å². The Kier molecular flexibility index (Phi) is 5.16. The molecule has 0 saturated carbocycles. The molecule has 0 amide bonds. The number of carbonyl (C=O) groups excluding carboxylic acids is 1. The molecule has 136 valence electrons. The van der Waals surface area contributed by atoms with Crippen LogP contribution in [0, 0.1) is 0 Å². The summed E-state index contributed by atoms with van der Waals surface area (Å²) in [6, 6.07) is 3.53. The molecule has 1 N–H and O–H groups in total. The van der Waals surface area contributed by atoms with Crippen molar-refractivity contribution in [2.24, 2.45) is 0 Å². The summed E-state index contributed by atoms with van der Waals surface area (Å²) < 4.78 is 47.8. The van der Waals surface area contributed by atoms with E-state index in [1.54, 1.807) is 0 Å². The number of halogens is 5. The van der Waals surface area contributed by atoms with Crippen LogP contribution >= 0.6 is 23.2 Å². The van der Waals surface area contributed by atoms with Crippen molar-refractivity contribution in [3.63, 3.8) is 0 Å². The highest BCUT2D eigenvalue weighted by Crippen LogP contribution is 2.31. The molecule has 0 bridgehead atoms. The number of hydrogen-bond acceptors (Lipinski definition) is 5. The van der Waals surface area contributed by atoms with Crippen molar-refractivity contribution in [1.29, 1.82) is 0 Å². The van der Waals surface area contributed by atoms with Gasteiger partial charge in [0.2, 0.25) is 0 Å². The molecule has 0 unspecified atom stereocenters. The third-order valence-electron chi connectivity index (χ3n) is 3.70. The fourth-order valence-corrected chi connectivity index (χ4v) is 2.82. The molecule has 2 aromatic rings. The second-order valence-corrected chi connectivity index (χ2v) is 6.24. The van der Waals surface area contributed by atoms with E-state index in [-0.39, 0.29) is 27.9 Å². The van der Waals surface area contributed by atoms with Crippen LogP contribution in [0.15, 0.2) is 24.4 Å². The number of pyridine rings is 1. The summed E-state index contributed by atoms with van der Waals surface area (Å²) >= 11 is 11.8. The van der Waals surface area contributed by atoms with E-state index in [0.29, 0.717) is 23.3 Å². The molecule has 1 aliphatic heterocycles. The fourth-order valence-electron chi connectivity index (χ4n) is 2.34. The molecular formula is C15H9BCl2F3NO4. The van der Waals surface area contributed by atoms with Crippen molar-refractivity contribution in [2.45, 2.75) is 19.4 Å². The normalized spacial score (nSPS) is 13.7. The van der Waals surface area contributed by atoms with E-state index in [0.717, 1.165) is 0 Å². The first-order valence-corrected chi connectivity index (χ1v) is 7.93. The zero-order valence-electron chi connectivity index (χ0n) is 12.8. The number of carbonyl (C=O) groups is 1. The molecule has 3 rings (SSSR count). The van der Waals surface area contributed by atoms with Crippen LogP contribution in [0.2, 0.25) is 10.0 Å². The third kappa shape index (κ3) is 3.80. The number of rotatable bonds is 3. The SMILES string of the molecule is O=C(OCc1ncc(C(F)(F)F)cc1Cl)c1cc2c(cc1Cl)COB2O. The third-order valence-corrected chi connectivity index (χ3v) is 4.34. The van der Waals surface area contributed by atoms with Crippen molar-refractivity contribution in [2.75, 3.05) is 0 Å². The van der Waals surface area contributed by atoms with Crippen LogP contribution in [-0.4, -0.2) is 23.1 Å². The molecule has 2 heterocycles. The van der Waals surface area contributed by atoms with E-state index >= 15 is 0 Å². The van der Waals surface area contributed by atoms with Crippen molar-refractivity contribution in [3.8, 4) is 0 Å². The summed E-state index contributed by atoms with van der Waals surface area (Å²) in [4.78, 5) is 15.8. The maximum atomic E-state index is 12.6. The number of hydrogen-bond donors (Lipinski definition) is 1. The fraction of sp³-hybridized carbons (Fsp3) is 0.200. The Labute approximate surface area is 155 Å². The highest BCUT2D eigenvalue weighted by atomic mass is 35.5. The van der Waals surface area contributed by atoms with Crippen molar-refractivity contribution < 1.29 is 32.4 Å². The first-order valence-electron chi connectivity index (χ1n) is 7.17. The van der Waals surface area contributed by atoms with Gasteiger partial charge in [-0.3, -0.25) is 4.98 Å². The standard InChI is InChI=1S/C15H9BCl2F3NO4/c17-11-1-7-5-26-16(24)10(7)3-9(11)14(23)25-6-13-12(18)2-8(4-22-13)15(19,20)21/h1-4,24H,5-6H2. The number of nitrogens with zero attached hydrogens (tertiary/aromatic N) is 1. The first-order chi connectivity index (χ1) is 12.2. The van der Waals surface area contributed by atoms with Crippen LogP contribution < -0.4 is 5.46 Å². The molecule has 0 atom stereocenters. The van der Waals surface area contributed by atoms with E-state index in [2.05, 4.69) is 4.98 Å². The summed E-state index contributed by atoms with van der Waals surface area (Å²) in [7, 11) is -1.17. The predicted octanol–water partition coefficient (Wildman–Crippen LogP) is 2.98. The number of alkyl halides is 3. The van der Waals surface area contributed by atoms with Crippen molar-refractivity contribution in [3.05, 3.63) is 56.8 Å². The molecule has 0 saturated heterocycles. The lowest BCUT2D eigenvalue weighted by Crippen LogP contribution is -2.29. The number of aromatic nitrogens is 1. The van der Waals surface area contributed by atoms with Gasteiger partial charge in [0.25, 0.3) is 0 Å². The second kappa shape index (κ2) is 7.07. The van der Waals surface area contributed by atoms with Gasteiger partial charge in [0.1, 0.15) is 6.61 Å². The molecular weight excluding hydrogens is 397 g/mol.